The average Bonchev–Trinajstić information content (AvgIpc) is 2.50. The summed E-state index contributed by atoms with van der Waals surface area (Å²) in [6.45, 7) is 2.25. The number of rotatable bonds is 10. The highest BCUT2D eigenvalue weighted by Gasteiger charge is 2.15. The molecule has 3 heteroatoms. The Morgan fingerprint density at radius 2 is 1.80 bits per heavy atom. The first-order valence-corrected chi connectivity index (χ1v) is 7.66. The lowest BCUT2D eigenvalue weighted by molar-refractivity contribution is 0.387. The van der Waals surface area contributed by atoms with Gasteiger partial charge in [-0.25, -0.2) is 0 Å². The summed E-state index contributed by atoms with van der Waals surface area (Å²) in [6.07, 6.45) is 7.64. The van der Waals surface area contributed by atoms with Crippen molar-refractivity contribution in [2.24, 2.45) is 0 Å². The van der Waals surface area contributed by atoms with Crippen molar-refractivity contribution >= 4 is 0 Å². The first-order valence-electron chi connectivity index (χ1n) is 7.66. The van der Waals surface area contributed by atoms with E-state index in [1.54, 1.807) is 14.2 Å². The molecule has 0 bridgehead atoms. The largest absolute Gasteiger partial charge is 0.497 e. The van der Waals surface area contributed by atoms with Crippen molar-refractivity contribution in [1.29, 1.82) is 0 Å². The fraction of sp³-hybridized carbons (Fsp3) is 0.647. The maximum Gasteiger partial charge on any atom is 0.123 e. The highest BCUT2D eigenvalue weighted by Crippen LogP contribution is 2.31. The van der Waals surface area contributed by atoms with E-state index in [2.05, 4.69) is 18.3 Å². The molecule has 1 rings (SSSR count). The van der Waals surface area contributed by atoms with Crippen LogP contribution in [0.25, 0.3) is 0 Å². The van der Waals surface area contributed by atoms with Gasteiger partial charge in [-0.1, -0.05) is 39.0 Å². The van der Waals surface area contributed by atoms with Crippen molar-refractivity contribution in [3.63, 3.8) is 0 Å². The second-order valence-corrected chi connectivity index (χ2v) is 5.15. The summed E-state index contributed by atoms with van der Waals surface area (Å²) in [5.74, 6) is 1.81. The Hall–Kier alpha value is -1.22. The van der Waals surface area contributed by atoms with Crippen LogP contribution in [0.5, 0.6) is 11.5 Å². The van der Waals surface area contributed by atoms with Crippen molar-refractivity contribution < 1.29 is 9.47 Å². The van der Waals surface area contributed by atoms with Gasteiger partial charge in [-0.05, 0) is 31.7 Å². The van der Waals surface area contributed by atoms with Crippen LogP contribution in [0.1, 0.15) is 57.1 Å². The second kappa shape index (κ2) is 9.65. The Morgan fingerprint density at radius 1 is 1.05 bits per heavy atom. The molecule has 1 unspecified atom stereocenters. The third-order valence-corrected chi connectivity index (χ3v) is 3.76. The summed E-state index contributed by atoms with van der Waals surface area (Å²) in [5.41, 5.74) is 1.19. The van der Waals surface area contributed by atoms with Gasteiger partial charge >= 0.3 is 0 Å². The number of methoxy groups -OCH3 is 2. The summed E-state index contributed by atoms with van der Waals surface area (Å²) in [4.78, 5) is 0. The van der Waals surface area contributed by atoms with Crippen LogP contribution < -0.4 is 14.8 Å². The molecule has 3 nitrogen and oxygen atoms in total. The SMILES string of the molecule is CCCCCCCC(NC)c1cc(OC)ccc1OC. The van der Waals surface area contributed by atoms with Crippen molar-refractivity contribution in [2.45, 2.75) is 51.5 Å². The van der Waals surface area contributed by atoms with Crippen LogP contribution in [0, 0.1) is 0 Å². The van der Waals surface area contributed by atoms with E-state index in [1.807, 2.05) is 19.2 Å². The summed E-state index contributed by atoms with van der Waals surface area (Å²) < 4.78 is 10.8. The van der Waals surface area contributed by atoms with Gasteiger partial charge in [0, 0.05) is 11.6 Å². The van der Waals surface area contributed by atoms with Gasteiger partial charge in [-0.15, -0.1) is 0 Å². The molecule has 0 aliphatic carbocycles. The van der Waals surface area contributed by atoms with Crippen LogP contribution in [0.2, 0.25) is 0 Å². The Labute approximate surface area is 123 Å². The van der Waals surface area contributed by atoms with Gasteiger partial charge in [-0.3, -0.25) is 0 Å². The van der Waals surface area contributed by atoms with E-state index < -0.39 is 0 Å². The topological polar surface area (TPSA) is 30.5 Å². The lowest BCUT2D eigenvalue weighted by Crippen LogP contribution is -2.17. The molecule has 0 fully saturated rings. The number of nitrogens with one attached hydrogen (secondary N) is 1. The number of hydrogen-bond donors (Lipinski definition) is 1. The van der Waals surface area contributed by atoms with E-state index in [1.165, 1.54) is 37.7 Å². The van der Waals surface area contributed by atoms with Gasteiger partial charge in [0.05, 0.1) is 14.2 Å². The molecule has 1 aromatic carbocycles. The normalized spacial score (nSPS) is 12.2. The van der Waals surface area contributed by atoms with Gasteiger partial charge in [0.25, 0.3) is 0 Å². The molecule has 1 N–H and O–H groups in total. The van der Waals surface area contributed by atoms with Gasteiger partial charge in [-0.2, -0.15) is 0 Å². The minimum Gasteiger partial charge on any atom is -0.497 e. The fourth-order valence-electron chi connectivity index (χ4n) is 2.52. The Balaban J connectivity index is 2.67. The summed E-state index contributed by atoms with van der Waals surface area (Å²) in [6, 6.07) is 6.32. The number of ether oxygens (including phenoxy) is 2. The predicted octanol–water partition coefficient (Wildman–Crippen LogP) is 4.32. The molecule has 114 valence electrons. The van der Waals surface area contributed by atoms with Crippen molar-refractivity contribution in [3.8, 4) is 11.5 Å². The van der Waals surface area contributed by atoms with Crippen LogP contribution in [0.3, 0.4) is 0 Å². The van der Waals surface area contributed by atoms with E-state index in [4.69, 9.17) is 9.47 Å². The van der Waals surface area contributed by atoms with Gasteiger partial charge in [0.1, 0.15) is 11.5 Å². The van der Waals surface area contributed by atoms with E-state index in [0.717, 1.165) is 17.9 Å². The zero-order valence-corrected chi connectivity index (χ0v) is 13.4. The Morgan fingerprint density at radius 3 is 2.40 bits per heavy atom. The van der Waals surface area contributed by atoms with E-state index in [9.17, 15) is 0 Å². The molecular weight excluding hydrogens is 250 g/mol. The molecule has 0 aromatic heterocycles. The number of unbranched alkanes of at least 4 members (excludes halogenated alkanes) is 4. The average molecular weight is 279 g/mol. The zero-order chi connectivity index (χ0) is 14.8. The molecule has 1 atom stereocenters. The van der Waals surface area contributed by atoms with Crippen molar-refractivity contribution in [1.82, 2.24) is 5.32 Å². The summed E-state index contributed by atoms with van der Waals surface area (Å²) in [5, 5.41) is 3.40. The van der Waals surface area contributed by atoms with E-state index >= 15 is 0 Å². The quantitative estimate of drug-likeness (QED) is 0.647. The van der Waals surface area contributed by atoms with Crippen molar-refractivity contribution in [3.05, 3.63) is 23.8 Å². The van der Waals surface area contributed by atoms with Crippen LogP contribution in [-0.4, -0.2) is 21.3 Å². The second-order valence-electron chi connectivity index (χ2n) is 5.15. The smallest absolute Gasteiger partial charge is 0.123 e. The predicted molar refractivity (Wildman–Crippen MR) is 84.7 cm³/mol. The van der Waals surface area contributed by atoms with Crippen molar-refractivity contribution in [2.75, 3.05) is 21.3 Å². The van der Waals surface area contributed by atoms with Gasteiger partial charge < -0.3 is 14.8 Å². The molecule has 0 aliphatic rings. The first-order chi connectivity index (χ1) is 9.76. The third-order valence-electron chi connectivity index (χ3n) is 3.76. The monoisotopic (exact) mass is 279 g/mol. The third kappa shape index (κ3) is 5.04. The molecule has 0 saturated carbocycles. The standard InChI is InChI=1S/C17H29NO2/c1-5-6-7-8-9-10-16(18-2)15-13-14(19-3)11-12-17(15)20-4/h11-13,16,18H,5-10H2,1-4H3. The molecule has 0 saturated heterocycles. The summed E-state index contributed by atoms with van der Waals surface area (Å²) >= 11 is 0. The zero-order valence-electron chi connectivity index (χ0n) is 13.4. The molecule has 0 spiro atoms. The minimum atomic E-state index is 0.321. The number of benzene rings is 1. The molecule has 0 aliphatic heterocycles. The minimum absolute atomic E-state index is 0.321. The van der Waals surface area contributed by atoms with Crippen LogP contribution in [0.4, 0.5) is 0 Å². The van der Waals surface area contributed by atoms with Crippen LogP contribution in [-0.2, 0) is 0 Å². The Kier molecular flexibility index (Phi) is 8.12. The molecule has 0 heterocycles. The van der Waals surface area contributed by atoms with Crippen LogP contribution in [0.15, 0.2) is 18.2 Å². The maximum atomic E-state index is 5.48. The highest BCUT2D eigenvalue weighted by atomic mass is 16.5. The Bertz CT molecular complexity index is 379. The van der Waals surface area contributed by atoms with E-state index in [-0.39, 0.29) is 0 Å². The van der Waals surface area contributed by atoms with Gasteiger partial charge in [0.15, 0.2) is 0 Å². The molecule has 0 radical (unpaired) electrons. The molecule has 0 amide bonds. The molecule has 20 heavy (non-hydrogen) atoms. The lowest BCUT2D eigenvalue weighted by atomic mass is 9.98. The highest BCUT2D eigenvalue weighted by molar-refractivity contribution is 5.42. The maximum absolute atomic E-state index is 5.48. The summed E-state index contributed by atoms with van der Waals surface area (Å²) in [7, 11) is 5.43. The fourth-order valence-corrected chi connectivity index (χ4v) is 2.52. The van der Waals surface area contributed by atoms with Crippen LogP contribution >= 0.6 is 0 Å². The lowest BCUT2D eigenvalue weighted by Gasteiger charge is -2.20. The molecular formula is C17H29NO2. The molecule has 1 aromatic rings. The van der Waals surface area contributed by atoms with Gasteiger partial charge in [0.2, 0.25) is 0 Å². The van der Waals surface area contributed by atoms with E-state index in [0.29, 0.717) is 6.04 Å². The first kappa shape index (κ1) is 16.8. The number of hydrogen-bond acceptors (Lipinski definition) is 3.